The van der Waals surface area contributed by atoms with Crippen molar-refractivity contribution < 1.29 is 9.21 Å². The third kappa shape index (κ3) is 2.95. The standard InChI is InChI=1S/C22H26N2O2/c25-22(21-18-8-16-7-17(10-18)11-19(21)9-16)24(14-20-4-2-6-26-20)13-15-3-1-5-23-12-15/h1-6,12,16-19,21H,7-11,13-14H2. The minimum atomic E-state index is 0.217. The Bertz CT molecular complexity index is 728. The smallest absolute Gasteiger partial charge is 0.226 e. The number of hydrogen-bond donors (Lipinski definition) is 0. The van der Waals surface area contributed by atoms with Gasteiger partial charge in [0.15, 0.2) is 0 Å². The summed E-state index contributed by atoms with van der Waals surface area (Å²) in [6.45, 7) is 1.15. The normalized spacial score (nSPS) is 31.9. The molecule has 2 heterocycles. The molecule has 2 aromatic rings. The molecule has 0 radical (unpaired) electrons. The molecule has 4 heteroatoms. The Morgan fingerprint density at radius 1 is 1.04 bits per heavy atom. The maximum absolute atomic E-state index is 13.6. The van der Waals surface area contributed by atoms with Gasteiger partial charge < -0.3 is 9.32 Å². The predicted octanol–water partition coefficient (Wildman–Crippen LogP) is 4.28. The molecule has 0 aliphatic heterocycles. The molecule has 0 atom stereocenters. The van der Waals surface area contributed by atoms with Crippen LogP contribution < -0.4 is 0 Å². The van der Waals surface area contributed by atoms with Crippen molar-refractivity contribution in [2.24, 2.45) is 29.6 Å². The average molecular weight is 350 g/mol. The highest BCUT2D eigenvalue weighted by atomic mass is 16.3. The van der Waals surface area contributed by atoms with Crippen LogP contribution in [0.3, 0.4) is 0 Å². The van der Waals surface area contributed by atoms with Crippen LogP contribution in [0.1, 0.15) is 43.4 Å². The minimum absolute atomic E-state index is 0.217. The van der Waals surface area contributed by atoms with Gasteiger partial charge in [-0.25, -0.2) is 0 Å². The SMILES string of the molecule is O=C(C1C2CC3CC(C2)CC1C3)N(Cc1cccnc1)Cc1ccco1. The highest BCUT2D eigenvalue weighted by Crippen LogP contribution is 2.57. The fourth-order valence-corrected chi connectivity index (χ4v) is 6.05. The van der Waals surface area contributed by atoms with E-state index in [0.29, 0.717) is 30.8 Å². The van der Waals surface area contributed by atoms with Crippen molar-refractivity contribution in [2.75, 3.05) is 0 Å². The monoisotopic (exact) mass is 350 g/mol. The van der Waals surface area contributed by atoms with Crippen LogP contribution in [0.15, 0.2) is 47.3 Å². The van der Waals surface area contributed by atoms with Gasteiger partial charge in [-0.3, -0.25) is 9.78 Å². The molecule has 0 saturated heterocycles. The van der Waals surface area contributed by atoms with Gasteiger partial charge in [0.05, 0.1) is 12.8 Å². The van der Waals surface area contributed by atoms with Crippen LogP contribution in [0.4, 0.5) is 0 Å². The molecular formula is C22H26N2O2. The lowest BCUT2D eigenvalue weighted by Gasteiger charge is -2.54. The molecule has 0 aromatic carbocycles. The van der Waals surface area contributed by atoms with Crippen LogP contribution in [-0.2, 0) is 17.9 Å². The Morgan fingerprint density at radius 3 is 2.42 bits per heavy atom. The molecule has 136 valence electrons. The fourth-order valence-electron chi connectivity index (χ4n) is 6.05. The average Bonchev–Trinajstić information content (AvgIpc) is 3.14. The van der Waals surface area contributed by atoms with E-state index < -0.39 is 0 Å². The molecule has 4 aliphatic carbocycles. The van der Waals surface area contributed by atoms with Gasteiger partial charge >= 0.3 is 0 Å². The van der Waals surface area contributed by atoms with Gasteiger partial charge in [-0.15, -0.1) is 0 Å². The largest absolute Gasteiger partial charge is 0.467 e. The zero-order valence-electron chi connectivity index (χ0n) is 15.1. The van der Waals surface area contributed by atoms with E-state index in [1.165, 1.54) is 32.1 Å². The number of amides is 1. The second kappa shape index (κ2) is 6.57. The number of pyridine rings is 1. The van der Waals surface area contributed by atoms with E-state index in [1.807, 2.05) is 35.4 Å². The van der Waals surface area contributed by atoms with E-state index >= 15 is 0 Å². The number of carbonyl (C=O) groups excluding carboxylic acids is 1. The molecule has 0 unspecified atom stereocenters. The summed E-state index contributed by atoms with van der Waals surface area (Å²) >= 11 is 0. The lowest BCUT2D eigenvalue weighted by atomic mass is 9.51. The molecule has 1 amide bonds. The first-order valence-electron chi connectivity index (χ1n) is 9.96. The van der Waals surface area contributed by atoms with Gasteiger partial charge in [0.25, 0.3) is 0 Å². The molecule has 0 N–H and O–H groups in total. The molecule has 4 fully saturated rings. The summed E-state index contributed by atoms with van der Waals surface area (Å²) in [5.74, 6) is 4.38. The molecule has 4 bridgehead atoms. The van der Waals surface area contributed by atoms with Gasteiger partial charge in [0.2, 0.25) is 5.91 Å². The Hall–Kier alpha value is -2.10. The minimum Gasteiger partial charge on any atom is -0.467 e. The van der Waals surface area contributed by atoms with Crippen molar-refractivity contribution in [3.8, 4) is 0 Å². The van der Waals surface area contributed by atoms with Gasteiger partial charge in [0.1, 0.15) is 5.76 Å². The number of rotatable bonds is 5. The topological polar surface area (TPSA) is 46.3 Å². The maximum Gasteiger partial charge on any atom is 0.226 e. The quantitative estimate of drug-likeness (QED) is 0.809. The van der Waals surface area contributed by atoms with E-state index in [0.717, 1.165) is 23.2 Å². The summed E-state index contributed by atoms with van der Waals surface area (Å²) in [7, 11) is 0. The predicted molar refractivity (Wildman–Crippen MR) is 97.7 cm³/mol. The highest BCUT2D eigenvalue weighted by molar-refractivity contribution is 5.80. The molecule has 6 rings (SSSR count). The second-order valence-corrected chi connectivity index (χ2v) is 8.59. The van der Waals surface area contributed by atoms with Crippen molar-refractivity contribution in [1.29, 1.82) is 0 Å². The molecular weight excluding hydrogens is 324 g/mol. The first-order chi connectivity index (χ1) is 12.8. The Kier molecular flexibility index (Phi) is 4.07. The number of aromatic nitrogens is 1. The Labute approximate surface area is 154 Å². The highest BCUT2D eigenvalue weighted by Gasteiger charge is 2.51. The fraction of sp³-hybridized carbons (Fsp3) is 0.545. The van der Waals surface area contributed by atoms with E-state index in [1.54, 1.807) is 12.5 Å². The molecule has 26 heavy (non-hydrogen) atoms. The zero-order chi connectivity index (χ0) is 17.5. The molecule has 4 nitrogen and oxygen atoms in total. The van der Waals surface area contributed by atoms with Crippen LogP contribution in [0.2, 0.25) is 0 Å². The molecule has 4 aliphatic rings. The lowest BCUT2D eigenvalue weighted by molar-refractivity contribution is -0.150. The molecule has 0 spiro atoms. The number of hydrogen-bond acceptors (Lipinski definition) is 3. The van der Waals surface area contributed by atoms with Gasteiger partial charge in [-0.2, -0.15) is 0 Å². The second-order valence-electron chi connectivity index (χ2n) is 8.59. The first-order valence-corrected chi connectivity index (χ1v) is 9.96. The van der Waals surface area contributed by atoms with Gasteiger partial charge in [-0.05, 0) is 79.5 Å². The summed E-state index contributed by atoms with van der Waals surface area (Å²) in [5, 5.41) is 0. The number of nitrogens with zero attached hydrogens (tertiary/aromatic N) is 2. The Morgan fingerprint density at radius 2 is 1.81 bits per heavy atom. The van der Waals surface area contributed by atoms with Crippen LogP contribution in [0.5, 0.6) is 0 Å². The van der Waals surface area contributed by atoms with Crippen LogP contribution in [0, 0.1) is 29.6 Å². The summed E-state index contributed by atoms with van der Waals surface area (Å²) in [5.41, 5.74) is 1.08. The van der Waals surface area contributed by atoms with Crippen molar-refractivity contribution in [1.82, 2.24) is 9.88 Å². The zero-order valence-corrected chi connectivity index (χ0v) is 15.1. The summed E-state index contributed by atoms with van der Waals surface area (Å²) in [6, 6.07) is 7.84. The third-order valence-electron chi connectivity index (χ3n) is 6.85. The summed E-state index contributed by atoms with van der Waals surface area (Å²) in [6.07, 6.45) is 11.8. The van der Waals surface area contributed by atoms with Crippen molar-refractivity contribution in [3.63, 3.8) is 0 Å². The van der Waals surface area contributed by atoms with Crippen molar-refractivity contribution in [2.45, 2.75) is 45.2 Å². The first kappa shape index (κ1) is 16.1. The lowest BCUT2D eigenvalue weighted by Crippen LogP contribution is -2.51. The summed E-state index contributed by atoms with van der Waals surface area (Å²) < 4.78 is 5.55. The van der Waals surface area contributed by atoms with Crippen LogP contribution in [-0.4, -0.2) is 15.8 Å². The molecule has 2 aromatic heterocycles. The van der Waals surface area contributed by atoms with E-state index in [-0.39, 0.29) is 5.92 Å². The van der Waals surface area contributed by atoms with Gasteiger partial charge in [0, 0.05) is 24.9 Å². The summed E-state index contributed by atoms with van der Waals surface area (Å²) in [4.78, 5) is 19.8. The maximum atomic E-state index is 13.6. The van der Waals surface area contributed by atoms with E-state index in [9.17, 15) is 4.79 Å². The van der Waals surface area contributed by atoms with E-state index in [4.69, 9.17) is 4.42 Å². The molecule has 4 saturated carbocycles. The van der Waals surface area contributed by atoms with E-state index in [2.05, 4.69) is 4.98 Å². The van der Waals surface area contributed by atoms with Crippen LogP contribution in [0.25, 0.3) is 0 Å². The third-order valence-corrected chi connectivity index (χ3v) is 6.85. The Balaban J connectivity index is 1.39. The number of furan rings is 1. The van der Waals surface area contributed by atoms with Crippen molar-refractivity contribution >= 4 is 5.91 Å². The van der Waals surface area contributed by atoms with Crippen LogP contribution >= 0.6 is 0 Å². The van der Waals surface area contributed by atoms with Crippen molar-refractivity contribution in [3.05, 3.63) is 54.2 Å². The number of carbonyl (C=O) groups is 1. The van der Waals surface area contributed by atoms with Gasteiger partial charge in [-0.1, -0.05) is 6.07 Å².